The monoisotopic (exact) mass is 465 g/mol. The van der Waals surface area contributed by atoms with Gasteiger partial charge in [0.05, 0.1) is 29.4 Å². The zero-order valence-corrected chi connectivity index (χ0v) is 19.4. The molecule has 1 fully saturated rings. The zero-order chi connectivity index (χ0) is 22.7. The molecule has 3 aromatic rings. The Bertz CT molecular complexity index is 1110. The summed E-state index contributed by atoms with van der Waals surface area (Å²) >= 11 is 12.8. The van der Waals surface area contributed by atoms with Gasteiger partial charge >= 0.3 is 0 Å². The fourth-order valence-electron chi connectivity index (χ4n) is 4.23. The van der Waals surface area contributed by atoms with Crippen LogP contribution in [0.2, 0.25) is 10.0 Å². The van der Waals surface area contributed by atoms with Crippen molar-refractivity contribution in [3.05, 3.63) is 105 Å². The van der Waals surface area contributed by atoms with Crippen LogP contribution in [0, 0.1) is 13.5 Å². The summed E-state index contributed by atoms with van der Waals surface area (Å²) in [6, 6.07) is 21.4. The highest BCUT2D eigenvalue weighted by Gasteiger charge is 2.30. The minimum absolute atomic E-state index is 0.0814. The predicted octanol–water partition coefficient (Wildman–Crippen LogP) is 6.45. The second-order valence-corrected chi connectivity index (χ2v) is 9.04. The molecule has 2 atom stereocenters. The summed E-state index contributed by atoms with van der Waals surface area (Å²) in [5.74, 6) is 0. The van der Waals surface area contributed by atoms with Crippen molar-refractivity contribution < 1.29 is 5.11 Å². The van der Waals surface area contributed by atoms with Crippen LogP contribution in [0.1, 0.15) is 28.8 Å². The van der Waals surface area contributed by atoms with Crippen LogP contribution in [-0.2, 0) is 0 Å². The Morgan fingerprint density at radius 2 is 1.75 bits per heavy atom. The molecular weight excluding hydrogens is 441 g/mol. The molecule has 1 unspecified atom stereocenters. The molecule has 1 N–H and O–H groups in total. The van der Waals surface area contributed by atoms with Crippen LogP contribution < -0.4 is 4.90 Å². The number of hydrogen-bond donors (Lipinski definition) is 1. The van der Waals surface area contributed by atoms with Crippen molar-refractivity contribution in [2.45, 2.75) is 19.1 Å². The van der Waals surface area contributed by atoms with Gasteiger partial charge in [-0.25, -0.2) is 4.85 Å². The normalized spacial score (nSPS) is 17.7. The molecule has 0 radical (unpaired) electrons. The van der Waals surface area contributed by atoms with E-state index in [2.05, 4.69) is 38.9 Å². The van der Waals surface area contributed by atoms with E-state index >= 15 is 0 Å². The van der Waals surface area contributed by atoms with E-state index in [9.17, 15) is 5.11 Å². The first kappa shape index (κ1) is 22.6. The summed E-state index contributed by atoms with van der Waals surface area (Å²) in [5.41, 5.74) is 4.71. The highest BCUT2D eigenvalue weighted by Crippen LogP contribution is 2.36. The molecule has 0 bridgehead atoms. The van der Waals surface area contributed by atoms with Gasteiger partial charge in [0.2, 0.25) is 0 Å². The maximum atomic E-state index is 10.8. The smallest absolute Gasteiger partial charge is 0.187 e. The molecule has 0 aromatic heterocycles. The Morgan fingerprint density at radius 1 is 1.03 bits per heavy atom. The fourth-order valence-corrected chi connectivity index (χ4v) is 4.70. The standard InChI is InChI=1S/C26H25Cl2N3O/c1-18-3-12-24(23(28)15-18)31-14-13-30(16-25(31)19-4-8-21(27)9-5-19)17-26(32)20-6-10-22(29-2)11-7-20/h3-12,15,25-26,32H,13-14,16-17H2,1H3/t25-,26?/m0/s1. The van der Waals surface area contributed by atoms with Crippen LogP contribution in [0.25, 0.3) is 4.85 Å². The second-order valence-electron chi connectivity index (χ2n) is 8.19. The fraction of sp³-hybridized carbons (Fsp3) is 0.269. The maximum absolute atomic E-state index is 10.8. The largest absolute Gasteiger partial charge is 0.387 e. The number of anilines is 1. The van der Waals surface area contributed by atoms with E-state index in [4.69, 9.17) is 29.8 Å². The summed E-state index contributed by atoms with van der Waals surface area (Å²) in [6.45, 7) is 12.0. The minimum atomic E-state index is -0.616. The number of halogens is 2. The van der Waals surface area contributed by atoms with Crippen LogP contribution in [0.4, 0.5) is 11.4 Å². The third-order valence-corrected chi connectivity index (χ3v) is 6.52. The molecule has 3 aromatic carbocycles. The van der Waals surface area contributed by atoms with Gasteiger partial charge in [-0.2, -0.15) is 0 Å². The SMILES string of the molecule is [C-]#[N+]c1ccc(C(O)CN2CCN(c3ccc(C)cc3Cl)[C@H](c3ccc(Cl)cc3)C2)cc1. The van der Waals surface area contributed by atoms with Crippen LogP contribution in [0.15, 0.2) is 66.7 Å². The van der Waals surface area contributed by atoms with Gasteiger partial charge in [-0.3, -0.25) is 4.90 Å². The van der Waals surface area contributed by atoms with E-state index in [1.807, 2.05) is 37.3 Å². The summed E-state index contributed by atoms with van der Waals surface area (Å²) < 4.78 is 0. The summed E-state index contributed by atoms with van der Waals surface area (Å²) in [4.78, 5) is 8.05. The van der Waals surface area contributed by atoms with Crippen molar-refractivity contribution in [2.24, 2.45) is 0 Å². The molecule has 1 aliphatic rings. The third kappa shape index (κ3) is 5.09. The van der Waals surface area contributed by atoms with Gasteiger partial charge in [-0.15, -0.1) is 0 Å². The lowest BCUT2D eigenvalue weighted by Gasteiger charge is -2.44. The summed E-state index contributed by atoms with van der Waals surface area (Å²) in [6.07, 6.45) is -0.616. The molecule has 0 saturated carbocycles. The Labute approximate surface area is 199 Å². The van der Waals surface area contributed by atoms with Crippen molar-refractivity contribution in [1.82, 2.24) is 4.90 Å². The first-order valence-corrected chi connectivity index (χ1v) is 11.4. The first-order valence-electron chi connectivity index (χ1n) is 10.6. The molecule has 164 valence electrons. The van der Waals surface area contributed by atoms with Crippen molar-refractivity contribution in [2.75, 3.05) is 31.1 Å². The average Bonchev–Trinajstić information content (AvgIpc) is 2.80. The molecular formula is C26H25Cl2N3O. The molecule has 32 heavy (non-hydrogen) atoms. The lowest BCUT2D eigenvalue weighted by Crippen LogP contribution is -2.49. The Morgan fingerprint density at radius 3 is 2.41 bits per heavy atom. The Kier molecular flexibility index (Phi) is 7.03. The number of aryl methyl sites for hydroxylation is 1. The van der Waals surface area contributed by atoms with E-state index in [-0.39, 0.29) is 6.04 Å². The number of aliphatic hydroxyl groups excluding tert-OH is 1. The summed E-state index contributed by atoms with van der Waals surface area (Å²) in [7, 11) is 0. The number of hydrogen-bond acceptors (Lipinski definition) is 3. The molecule has 1 aliphatic heterocycles. The van der Waals surface area contributed by atoms with Crippen molar-refractivity contribution >= 4 is 34.6 Å². The zero-order valence-electron chi connectivity index (χ0n) is 17.9. The van der Waals surface area contributed by atoms with Crippen LogP contribution in [-0.4, -0.2) is 36.2 Å². The topological polar surface area (TPSA) is 31.1 Å². The van der Waals surface area contributed by atoms with Gasteiger partial charge in [0.15, 0.2) is 5.69 Å². The summed E-state index contributed by atoms with van der Waals surface area (Å²) in [5, 5.41) is 12.3. The molecule has 0 spiro atoms. The number of rotatable bonds is 5. The maximum Gasteiger partial charge on any atom is 0.187 e. The number of benzene rings is 3. The molecule has 1 saturated heterocycles. The van der Waals surface area contributed by atoms with Crippen molar-refractivity contribution in [1.29, 1.82) is 0 Å². The quantitative estimate of drug-likeness (QED) is 0.439. The van der Waals surface area contributed by atoms with Crippen molar-refractivity contribution in [3.8, 4) is 0 Å². The number of β-amino-alcohol motifs (C(OH)–C–C–N with tert-alkyl or cyclic N) is 1. The average molecular weight is 466 g/mol. The van der Waals surface area contributed by atoms with Gasteiger partial charge in [-0.05, 0) is 47.9 Å². The van der Waals surface area contributed by atoms with Gasteiger partial charge in [0.1, 0.15) is 0 Å². The number of piperazine rings is 1. The van der Waals surface area contributed by atoms with Gasteiger partial charge in [0, 0.05) is 31.2 Å². The lowest BCUT2D eigenvalue weighted by atomic mass is 10.00. The molecule has 4 rings (SSSR count). The van der Waals surface area contributed by atoms with E-state index in [0.717, 1.165) is 47.0 Å². The van der Waals surface area contributed by atoms with Crippen LogP contribution in [0.3, 0.4) is 0 Å². The highest BCUT2D eigenvalue weighted by atomic mass is 35.5. The van der Waals surface area contributed by atoms with Gasteiger partial charge in [0.25, 0.3) is 0 Å². The van der Waals surface area contributed by atoms with E-state index < -0.39 is 6.10 Å². The van der Waals surface area contributed by atoms with E-state index in [0.29, 0.717) is 17.3 Å². The van der Waals surface area contributed by atoms with Gasteiger partial charge < -0.3 is 10.0 Å². The first-order chi connectivity index (χ1) is 15.4. The van der Waals surface area contributed by atoms with E-state index in [1.54, 1.807) is 12.1 Å². The number of aliphatic hydroxyl groups is 1. The Hall–Kier alpha value is -2.55. The minimum Gasteiger partial charge on any atom is -0.387 e. The van der Waals surface area contributed by atoms with Crippen LogP contribution >= 0.6 is 23.2 Å². The molecule has 6 heteroatoms. The number of nitrogens with zero attached hydrogens (tertiary/aromatic N) is 3. The third-order valence-electron chi connectivity index (χ3n) is 5.97. The van der Waals surface area contributed by atoms with Gasteiger partial charge in [-0.1, -0.05) is 65.7 Å². The second kappa shape index (κ2) is 9.94. The predicted molar refractivity (Wildman–Crippen MR) is 132 cm³/mol. The van der Waals surface area contributed by atoms with Crippen LogP contribution in [0.5, 0.6) is 0 Å². The molecule has 1 heterocycles. The van der Waals surface area contributed by atoms with Crippen molar-refractivity contribution in [3.63, 3.8) is 0 Å². The Balaban J connectivity index is 1.56. The molecule has 0 aliphatic carbocycles. The van der Waals surface area contributed by atoms with E-state index in [1.165, 1.54) is 0 Å². The molecule has 0 amide bonds. The molecule has 4 nitrogen and oxygen atoms in total. The highest BCUT2D eigenvalue weighted by molar-refractivity contribution is 6.33. The lowest BCUT2D eigenvalue weighted by molar-refractivity contribution is 0.100.